The minimum Gasteiger partial charge on any atom is -0.387 e. The fourth-order valence-electron chi connectivity index (χ4n) is 2.94. The van der Waals surface area contributed by atoms with E-state index in [9.17, 15) is 5.11 Å². The van der Waals surface area contributed by atoms with Gasteiger partial charge in [-0.25, -0.2) is 0 Å². The van der Waals surface area contributed by atoms with Gasteiger partial charge in [-0.3, -0.25) is 0 Å². The first-order chi connectivity index (χ1) is 8.68. The highest BCUT2D eigenvalue weighted by Gasteiger charge is 2.24. The van der Waals surface area contributed by atoms with Crippen molar-refractivity contribution in [3.05, 3.63) is 35.9 Å². The first-order valence-corrected chi connectivity index (χ1v) is 7.11. The summed E-state index contributed by atoms with van der Waals surface area (Å²) in [5.74, 6) is 0.834. The van der Waals surface area contributed by atoms with Gasteiger partial charge in [0, 0.05) is 12.6 Å². The van der Waals surface area contributed by atoms with Crippen LogP contribution in [0.2, 0.25) is 0 Å². The SMILES string of the molecule is C[C@@H]([C@H](O)c1ccccc1)N(C)CC1CCCC1. The number of hydrogen-bond acceptors (Lipinski definition) is 2. The minimum absolute atomic E-state index is 0.174. The molecule has 0 amide bonds. The average molecular weight is 247 g/mol. The molecule has 1 fully saturated rings. The lowest BCUT2D eigenvalue weighted by Gasteiger charge is -2.31. The van der Waals surface area contributed by atoms with E-state index in [1.54, 1.807) is 0 Å². The van der Waals surface area contributed by atoms with E-state index in [1.165, 1.54) is 25.7 Å². The highest BCUT2D eigenvalue weighted by molar-refractivity contribution is 5.18. The van der Waals surface area contributed by atoms with Gasteiger partial charge < -0.3 is 10.0 Å². The van der Waals surface area contributed by atoms with Crippen LogP contribution in [0.4, 0.5) is 0 Å². The van der Waals surface area contributed by atoms with Gasteiger partial charge in [-0.15, -0.1) is 0 Å². The first kappa shape index (κ1) is 13.6. The van der Waals surface area contributed by atoms with E-state index in [0.717, 1.165) is 18.0 Å². The summed E-state index contributed by atoms with van der Waals surface area (Å²) in [6, 6.07) is 10.1. The maximum atomic E-state index is 10.4. The summed E-state index contributed by atoms with van der Waals surface area (Å²) in [5, 5.41) is 10.4. The summed E-state index contributed by atoms with van der Waals surface area (Å²) in [5.41, 5.74) is 1.02. The summed E-state index contributed by atoms with van der Waals surface area (Å²) >= 11 is 0. The molecule has 2 atom stereocenters. The molecule has 0 radical (unpaired) electrons. The molecule has 1 aliphatic rings. The van der Waals surface area contributed by atoms with Crippen LogP contribution in [-0.4, -0.2) is 29.6 Å². The third-order valence-electron chi connectivity index (χ3n) is 4.31. The van der Waals surface area contributed by atoms with E-state index < -0.39 is 6.10 Å². The molecule has 1 saturated carbocycles. The van der Waals surface area contributed by atoms with Crippen molar-refractivity contribution >= 4 is 0 Å². The molecular formula is C16H25NO. The second-order valence-electron chi connectivity index (χ2n) is 5.69. The van der Waals surface area contributed by atoms with Crippen LogP contribution in [0.5, 0.6) is 0 Å². The molecule has 0 aromatic heterocycles. The zero-order valence-corrected chi connectivity index (χ0v) is 11.5. The lowest BCUT2D eigenvalue weighted by atomic mass is 10.0. The van der Waals surface area contributed by atoms with Gasteiger partial charge in [-0.1, -0.05) is 43.2 Å². The molecule has 2 nitrogen and oxygen atoms in total. The van der Waals surface area contributed by atoms with Gasteiger partial charge in [-0.05, 0) is 38.3 Å². The molecule has 0 aliphatic heterocycles. The van der Waals surface area contributed by atoms with E-state index in [1.807, 2.05) is 30.3 Å². The average Bonchev–Trinajstić information content (AvgIpc) is 2.91. The summed E-state index contributed by atoms with van der Waals surface area (Å²) < 4.78 is 0. The topological polar surface area (TPSA) is 23.5 Å². The minimum atomic E-state index is -0.391. The molecule has 1 aromatic carbocycles. The molecule has 2 heteroatoms. The Kier molecular flexibility index (Phi) is 4.79. The van der Waals surface area contributed by atoms with Crippen LogP contribution >= 0.6 is 0 Å². The molecule has 2 rings (SSSR count). The summed E-state index contributed by atoms with van der Waals surface area (Å²) in [6.07, 6.45) is 5.09. The first-order valence-electron chi connectivity index (χ1n) is 7.11. The number of aliphatic hydroxyl groups excluding tert-OH is 1. The van der Waals surface area contributed by atoms with Crippen molar-refractivity contribution in [1.82, 2.24) is 4.90 Å². The predicted molar refractivity (Wildman–Crippen MR) is 75.5 cm³/mol. The van der Waals surface area contributed by atoms with E-state index in [-0.39, 0.29) is 6.04 Å². The van der Waals surface area contributed by atoms with Crippen molar-refractivity contribution in [3.63, 3.8) is 0 Å². The molecular weight excluding hydrogens is 222 g/mol. The Morgan fingerprint density at radius 1 is 1.22 bits per heavy atom. The van der Waals surface area contributed by atoms with Crippen molar-refractivity contribution in [2.45, 2.75) is 44.8 Å². The quantitative estimate of drug-likeness (QED) is 0.863. The molecule has 0 unspecified atom stereocenters. The van der Waals surface area contributed by atoms with Gasteiger partial charge in [0.15, 0.2) is 0 Å². The second-order valence-corrected chi connectivity index (χ2v) is 5.69. The maximum Gasteiger partial charge on any atom is 0.0942 e. The van der Waals surface area contributed by atoms with Crippen LogP contribution < -0.4 is 0 Å². The van der Waals surface area contributed by atoms with Crippen LogP contribution in [0.1, 0.15) is 44.3 Å². The zero-order valence-electron chi connectivity index (χ0n) is 11.5. The largest absolute Gasteiger partial charge is 0.387 e. The summed E-state index contributed by atoms with van der Waals surface area (Å²) in [7, 11) is 2.13. The van der Waals surface area contributed by atoms with Crippen molar-refractivity contribution in [2.75, 3.05) is 13.6 Å². The standard InChI is InChI=1S/C16H25NO/c1-13(16(18)15-10-4-3-5-11-15)17(2)12-14-8-6-7-9-14/h3-5,10-11,13-14,16,18H,6-9,12H2,1-2H3/t13-,16-/m0/s1. The lowest BCUT2D eigenvalue weighted by molar-refractivity contribution is 0.0646. The molecule has 0 heterocycles. The third-order valence-corrected chi connectivity index (χ3v) is 4.31. The Morgan fingerprint density at radius 3 is 2.44 bits per heavy atom. The molecule has 1 N–H and O–H groups in total. The Morgan fingerprint density at radius 2 is 1.83 bits per heavy atom. The lowest BCUT2D eigenvalue weighted by Crippen LogP contribution is -2.37. The van der Waals surface area contributed by atoms with Gasteiger partial charge in [0.25, 0.3) is 0 Å². The van der Waals surface area contributed by atoms with Crippen molar-refractivity contribution in [3.8, 4) is 0 Å². The van der Waals surface area contributed by atoms with Gasteiger partial charge in [-0.2, -0.15) is 0 Å². The fourth-order valence-corrected chi connectivity index (χ4v) is 2.94. The number of hydrogen-bond donors (Lipinski definition) is 1. The fraction of sp³-hybridized carbons (Fsp3) is 0.625. The second kappa shape index (κ2) is 6.35. The molecule has 100 valence electrons. The van der Waals surface area contributed by atoms with Crippen LogP contribution in [0, 0.1) is 5.92 Å². The van der Waals surface area contributed by atoms with Gasteiger partial charge in [0.1, 0.15) is 0 Å². The maximum absolute atomic E-state index is 10.4. The Hall–Kier alpha value is -0.860. The van der Waals surface area contributed by atoms with Crippen LogP contribution in [0.15, 0.2) is 30.3 Å². The summed E-state index contributed by atoms with van der Waals surface area (Å²) in [4.78, 5) is 2.31. The number of benzene rings is 1. The van der Waals surface area contributed by atoms with Gasteiger partial charge in [0.05, 0.1) is 6.10 Å². The Bertz CT molecular complexity index is 345. The number of aliphatic hydroxyl groups is 1. The van der Waals surface area contributed by atoms with Crippen molar-refractivity contribution in [1.29, 1.82) is 0 Å². The third kappa shape index (κ3) is 3.33. The molecule has 1 aromatic rings. The van der Waals surface area contributed by atoms with E-state index in [2.05, 4.69) is 18.9 Å². The highest BCUT2D eigenvalue weighted by atomic mass is 16.3. The molecule has 0 saturated heterocycles. The van der Waals surface area contributed by atoms with E-state index >= 15 is 0 Å². The molecule has 18 heavy (non-hydrogen) atoms. The zero-order chi connectivity index (χ0) is 13.0. The number of nitrogens with zero attached hydrogens (tertiary/aromatic N) is 1. The van der Waals surface area contributed by atoms with Crippen LogP contribution in [0.3, 0.4) is 0 Å². The number of likely N-dealkylation sites (N-methyl/N-ethyl adjacent to an activating group) is 1. The molecule has 0 bridgehead atoms. The van der Waals surface area contributed by atoms with E-state index in [4.69, 9.17) is 0 Å². The van der Waals surface area contributed by atoms with Crippen molar-refractivity contribution < 1.29 is 5.11 Å². The monoisotopic (exact) mass is 247 g/mol. The summed E-state index contributed by atoms with van der Waals surface area (Å²) in [6.45, 7) is 3.23. The highest BCUT2D eigenvalue weighted by Crippen LogP contribution is 2.27. The van der Waals surface area contributed by atoms with Crippen molar-refractivity contribution in [2.24, 2.45) is 5.92 Å². The smallest absolute Gasteiger partial charge is 0.0942 e. The predicted octanol–water partition coefficient (Wildman–Crippen LogP) is 3.23. The molecule has 0 spiro atoms. The van der Waals surface area contributed by atoms with Gasteiger partial charge >= 0.3 is 0 Å². The van der Waals surface area contributed by atoms with Crippen LogP contribution in [0.25, 0.3) is 0 Å². The molecule has 1 aliphatic carbocycles. The number of rotatable bonds is 5. The van der Waals surface area contributed by atoms with Crippen LogP contribution in [-0.2, 0) is 0 Å². The Labute approximate surface area is 111 Å². The van der Waals surface area contributed by atoms with Gasteiger partial charge in [0.2, 0.25) is 0 Å². The normalized spacial score (nSPS) is 20.2. The Balaban J connectivity index is 1.91. The van der Waals surface area contributed by atoms with E-state index in [0.29, 0.717) is 0 Å².